The van der Waals surface area contributed by atoms with E-state index in [0.717, 1.165) is 7.11 Å². The molecule has 3 nitrogen and oxygen atoms in total. The molecule has 0 unspecified atom stereocenters. The molecule has 0 aliphatic rings. The molecule has 0 aromatic rings. The van der Waals surface area contributed by atoms with Crippen molar-refractivity contribution < 1.29 is 27.0 Å². The van der Waals surface area contributed by atoms with Crippen molar-refractivity contribution in [2.75, 3.05) is 7.11 Å². The van der Waals surface area contributed by atoms with Crippen molar-refractivity contribution in [2.24, 2.45) is 0 Å². The quantitative estimate of drug-likeness (QED) is 0.474. The Kier molecular flexibility index (Phi) is 2.04. The van der Waals surface area contributed by atoms with Gasteiger partial charge < -0.3 is 0 Å². The topological polar surface area (TPSA) is 43.4 Å². The molecule has 0 bridgehead atoms. The molecule has 0 N–H and O–H groups in total. The van der Waals surface area contributed by atoms with E-state index in [1.54, 1.807) is 0 Å². The van der Waals surface area contributed by atoms with Crippen LogP contribution < -0.4 is 0 Å². The van der Waals surface area contributed by atoms with Crippen LogP contribution in [0.3, 0.4) is 0 Å². The van der Waals surface area contributed by atoms with E-state index in [-0.39, 0.29) is 0 Å². The van der Waals surface area contributed by atoms with Crippen LogP contribution in [0, 0.1) is 0 Å². The molecule has 0 aliphatic heterocycles. The van der Waals surface area contributed by atoms with Crippen LogP contribution in [0.25, 0.3) is 0 Å². The number of hydrogen-bond donors (Lipinski definition) is 0. The van der Waals surface area contributed by atoms with Gasteiger partial charge in [0.25, 0.3) is 0 Å². The third-order valence-electron chi connectivity index (χ3n) is 0.189. The summed E-state index contributed by atoms with van der Waals surface area (Å²) in [6.45, 7) is 0. The Morgan fingerprint density at radius 3 is 1.83 bits per heavy atom. The first-order chi connectivity index (χ1) is 2.56. The van der Waals surface area contributed by atoms with E-state index in [9.17, 15) is 8.42 Å². The molecule has 0 heterocycles. The summed E-state index contributed by atoms with van der Waals surface area (Å²) in [5.74, 6) is 0. The van der Waals surface area contributed by atoms with Crippen molar-refractivity contribution >= 4 is 8.64 Å². The average molecular weight is 154 g/mol. The van der Waals surface area contributed by atoms with Gasteiger partial charge >= 0.3 is 42.7 Å². The Bertz CT molecular complexity index is 113. The summed E-state index contributed by atoms with van der Waals surface area (Å²) in [5.41, 5.74) is 0. The fourth-order valence-electron chi connectivity index (χ4n) is 0. The third-order valence-corrected chi connectivity index (χ3v) is 1.06. The molecule has 0 saturated carbocycles. The molecule has 0 atom stereocenters. The van der Waals surface area contributed by atoms with Crippen LogP contribution in [-0.2, 0) is 27.2 Å². The van der Waals surface area contributed by atoms with E-state index >= 15 is 0 Å². The summed E-state index contributed by atoms with van der Waals surface area (Å²) < 4.78 is 23.0. The van der Waals surface area contributed by atoms with E-state index < -0.39 is 8.64 Å². The van der Waals surface area contributed by atoms with Gasteiger partial charge in [0.2, 0.25) is 0 Å². The fourth-order valence-corrected chi connectivity index (χ4v) is 0. The van der Waals surface area contributed by atoms with Crippen LogP contribution >= 0.6 is 0 Å². The molecular weight excluding hydrogens is 151 g/mol. The Morgan fingerprint density at radius 1 is 1.67 bits per heavy atom. The van der Waals surface area contributed by atoms with Crippen LogP contribution in [0.5, 0.6) is 0 Å². The van der Waals surface area contributed by atoms with Gasteiger partial charge in [0.05, 0.1) is 0 Å². The van der Waals surface area contributed by atoms with Crippen molar-refractivity contribution in [3.8, 4) is 0 Å². The second-order valence-electron chi connectivity index (χ2n) is 0.529. The average Bonchev–Trinajstić information content (AvgIpc) is 1.35. The Balaban J connectivity index is 3.85. The van der Waals surface area contributed by atoms with Gasteiger partial charge in [-0.05, 0) is 0 Å². The van der Waals surface area contributed by atoms with Gasteiger partial charge in [-0.25, -0.2) is 0 Å². The third kappa shape index (κ3) is 4.40. The predicted octanol–water partition coefficient (Wildman–Crippen LogP) is -0.576. The second kappa shape index (κ2) is 1.91. The molecule has 0 spiro atoms. The van der Waals surface area contributed by atoms with Crippen molar-refractivity contribution in [1.29, 1.82) is 0 Å². The summed E-state index contributed by atoms with van der Waals surface area (Å²) >= 11 is 3.46. The Labute approximate surface area is 43.3 Å². The first kappa shape index (κ1) is 6.40. The molecule has 0 aromatic heterocycles. The minimum absolute atomic E-state index is 1.03. The van der Waals surface area contributed by atoms with Crippen LogP contribution in [0.4, 0.5) is 0 Å². The maximum atomic E-state index is 9.61. The number of rotatable bonds is 1. The maximum absolute atomic E-state index is 9.61. The van der Waals surface area contributed by atoms with Gasteiger partial charge in [-0.2, -0.15) is 0 Å². The molecular formula is CH3NiO3S. The van der Waals surface area contributed by atoms with Gasteiger partial charge in [-0.1, -0.05) is 0 Å². The van der Waals surface area contributed by atoms with Crippen LogP contribution in [0.1, 0.15) is 0 Å². The van der Waals surface area contributed by atoms with E-state index in [1.165, 1.54) is 0 Å². The molecule has 41 valence electrons. The zero-order chi connectivity index (χ0) is 5.21. The van der Waals surface area contributed by atoms with Crippen molar-refractivity contribution in [2.45, 2.75) is 0 Å². The first-order valence-electron chi connectivity index (χ1n) is 1.04. The van der Waals surface area contributed by atoms with E-state index in [1.807, 2.05) is 0 Å². The fraction of sp³-hybridized carbons (Fsp3) is 1.00. The molecule has 0 aliphatic carbocycles. The van der Waals surface area contributed by atoms with Crippen LogP contribution in [-0.4, -0.2) is 15.5 Å². The van der Waals surface area contributed by atoms with Gasteiger partial charge in [0.15, 0.2) is 0 Å². The van der Waals surface area contributed by atoms with Gasteiger partial charge in [-0.15, -0.1) is 0 Å². The number of hydrogen-bond acceptors (Lipinski definition) is 3. The van der Waals surface area contributed by atoms with Gasteiger partial charge in [-0.3, -0.25) is 0 Å². The summed E-state index contributed by atoms with van der Waals surface area (Å²) in [5, 5.41) is 0. The van der Waals surface area contributed by atoms with Crippen LogP contribution in [0.2, 0.25) is 0 Å². The minimum atomic E-state index is -3.54. The zero-order valence-corrected chi connectivity index (χ0v) is 4.75. The molecule has 0 fully saturated rings. The molecule has 5 heteroatoms. The molecule has 0 saturated heterocycles. The van der Waals surface area contributed by atoms with Crippen molar-refractivity contribution in [3.63, 3.8) is 0 Å². The summed E-state index contributed by atoms with van der Waals surface area (Å²) in [6, 6.07) is 0. The summed E-state index contributed by atoms with van der Waals surface area (Å²) in [6.07, 6.45) is 0. The molecule has 0 rings (SSSR count). The monoisotopic (exact) mass is 153 g/mol. The Morgan fingerprint density at radius 2 is 1.83 bits per heavy atom. The van der Waals surface area contributed by atoms with E-state index in [4.69, 9.17) is 0 Å². The van der Waals surface area contributed by atoms with Gasteiger partial charge in [0.1, 0.15) is 0 Å². The first-order valence-corrected chi connectivity index (χ1v) is 3.51. The summed E-state index contributed by atoms with van der Waals surface area (Å²) in [4.78, 5) is 0. The van der Waals surface area contributed by atoms with Crippen LogP contribution in [0.15, 0.2) is 0 Å². The molecule has 0 amide bonds. The molecule has 6 heavy (non-hydrogen) atoms. The second-order valence-corrected chi connectivity index (χ2v) is 3.07. The standard InChI is InChI=1S/CH3O3S.Ni/c1-4-5(2)3;/h1H3;. The van der Waals surface area contributed by atoms with Crippen molar-refractivity contribution in [1.82, 2.24) is 0 Å². The normalized spacial score (nSPS) is 11.8. The SMILES string of the molecule is CO[S](=O)(=O)[Ni]. The van der Waals surface area contributed by atoms with E-state index in [0.29, 0.717) is 0 Å². The van der Waals surface area contributed by atoms with E-state index in [2.05, 4.69) is 18.6 Å². The zero-order valence-electron chi connectivity index (χ0n) is 2.95. The predicted molar refractivity (Wildman–Crippen MR) is 15.9 cm³/mol. The molecule has 0 aromatic carbocycles. The summed E-state index contributed by atoms with van der Waals surface area (Å²) in [7, 11) is -2.51. The Hall–Kier alpha value is 0.404. The van der Waals surface area contributed by atoms with Gasteiger partial charge in [0, 0.05) is 0 Å². The molecule has 0 radical (unpaired) electrons. The van der Waals surface area contributed by atoms with Crippen molar-refractivity contribution in [3.05, 3.63) is 0 Å².